The van der Waals surface area contributed by atoms with Gasteiger partial charge in [0.1, 0.15) is 0 Å². The highest BCUT2D eigenvalue weighted by Gasteiger charge is 2.22. The number of piperazine rings is 1. The predicted octanol–water partition coefficient (Wildman–Crippen LogP) is 1.01. The van der Waals surface area contributed by atoms with Crippen LogP contribution in [0, 0.1) is 5.92 Å². The molecule has 2 aliphatic rings. The minimum Gasteiger partial charge on any atom is -0.312 e. The molecule has 0 saturated carbocycles. The van der Waals surface area contributed by atoms with Gasteiger partial charge in [-0.1, -0.05) is 6.92 Å². The Morgan fingerprint density at radius 2 is 1.88 bits per heavy atom. The number of nitrogens with zero attached hydrogens (tertiary/aromatic N) is 2. The SMILES string of the molecule is CCN1CCC(CN2CCN[C@@H](C)C2)CC1. The molecule has 0 aliphatic carbocycles. The van der Waals surface area contributed by atoms with Crippen molar-refractivity contribution in [1.29, 1.82) is 0 Å². The molecule has 2 saturated heterocycles. The molecule has 16 heavy (non-hydrogen) atoms. The summed E-state index contributed by atoms with van der Waals surface area (Å²) in [5.74, 6) is 0.952. The summed E-state index contributed by atoms with van der Waals surface area (Å²) in [6.07, 6.45) is 2.82. The first-order valence-electron chi connectivity index (χ1n) is 6.96. The van der Waals surface area contributed by atoms with E-state index in [-0.39, 0.29) is 0 Å². The Balaban J connectivity index is 1.69. The van der Waals surface area contributed by atoms with Crippen molar-refractivity contribution in [2.75, 3.05) is 45.8 Å². The molecule has 1 N–H and O–H groups in total. The van der Waals surface area contributed by atoms with Crippen LogP contribution in [0.5, 0.6) is 0 Å². The second kappa shape index (κ2) is 5.99. The van der Waals surface area contributed by atoms with Crippen molar-refractivity contribution < 1.29 is 0 Å². The van der Waals surface area contributed by atoms with Gasteiger partial charge in [0, 0.05) is 32.2 Å². The van der Waals surface area contributed by atoms with Gasteiger partial charge in [-0.05, 0) is 45.3 Å². The van der Waals surface area contributed by atoms with Gasteiger partial charge in [-0.2, -0.15) is 0 Å². The molecule has 0 aromatic heterocycles. The van der Waals surface area contributed by atoms with E-state index < -0.39 is 0 Å². The van der Waals surface area contributed by atoms with E-state index in [0.29, 0.717) is 6.04 Å². The maximum Gasteiger partial charge on any atom is 0.0167 e. The lowest BCUT2D eigenvalue weighted by Crippen LogP contribution is -2.51. The zero-order valence-corrected chi connectivity index (χ0v) is 10.9. The molecule has 2 rings (SSSR count). The lowest BCUT2D eigenvalue weighted by atomic mass is 9.96. The van der Waals surface area contributed by atoms with Crippen LogP contribution in [-0.4, -0.2) is 61.7 Å². The number of hydrogen-bond acceptors (Lipinski definition) is 3. The number of likely N-dealkylation sites (tertiary alicyclic amines) is 1. The molecule has 0 aromatic rings. The van der Waals surface area contributed by atoms with E-state index in [1.54, 1.807) is 0 Å². The summed E-state index contributed by atoms with van der Waals surface area (Å²) in [7, 11) is 0. The van der Waals surface area contributed by atoms with E-state index >= 15 is 0 Å². The lowest BCUT2D eigenvalue weighted by Gasteiger charge is -2.37. The fraction of sp³-hybridized carbons (Fsp3) is 1.00. The Bertz CT molecular complexity index is 199. The molecule has 3 heteroatoms. The van der Waals surface area contributed by atoms with Crippen molar-refractivity contribution >= 4 is 0 Å². The lowest BCUT2D eigenvalue weighted by molar-refractivity contribution is 0.128. The van der Waals surface area contributed by atoms with E-state index in [1.165, 1.54) is 58.7 Å². The Hall–Kier alpha value is -0.120. The molecule has 2 fully saturated rings. The average molecular weight is 225 g/mol. The first kappa shape index (κ1) is 12.3. The van der Waals surface area contributed by atoms with Crippen LogP contribution in [0.3, 0.4) is 0 Å². The van der Waals surface area contributed by atoms with Gasteiger partial charge in [-0.15, -0.1) is 0 Å². The highest BCUT2D eigenvalue weighted by atomic mass is 15.2. The van der Waals surface area contributed by atoms with E-state index in [0.717, 1.165) is 5.92 Å². The summed E-state index contributed by atoms with van der Waals surface area (Å²) in [4.78, 5) is 5.24. The minimum absolute atomic E-state index is 0.685. The van der Waals surface area contributed by atoms with Gasteiger partial charge < -0.3 is 15.1 Å². The predicted molar refractivity (Wildman–Crippen MR) is 68.7 cm³/mol. The Morgan fingerprint density at radius 1 is 1.12 bits per heavy atom. The largest absolute Gasteiger partial charge is 0.312 e. The van der Waals surface area contributed by atoms with E-state index in [2.05, 4.69) is 29.0 Å². The minimum atomic E-state index is 0.685. The highest BCUT2D eigenvalue weighted by molar-refractivity contribution is 4.79. The Morgan fingerprint density at radius 3 is 2.50 bits per heavy atom. The van der Waals surface area contributed by atoms with Crippen LogP contribution < -0.4 is 5.32 Å². The topological polar surface area (TPSA) is 18.5 Å². The molecule has 3 nitrogen and oxygen atoms in total. The van der Waals surface area contributed by atoms with Gasteiger partial charge in [0.2, 0.25) is 0 Å². The maximum atomic E-state index is 3.52. The first-order valence-corrected chi connectivity index (χ1v) is 6.96. The normalized spacial score (nSPS) is 30.8. The van der Waals surface area contributed by atoms with Crippen molar-refractivity contribution in [3.63, 3.8) is 0 Å². The molecule has 0 unspecified atom stereocenters. The van der Waals surface area contributed by atoms with Crippen molar-refractivity contribution in [3.8, 4) is 0 Å². The maximum absolute atomic E-state index is 3.52. The van der Waals surface area contributed by atoms with Crippen LogP contribution in [-0.2, 0) is 0 Å². The van der Waals surface area contributed by atoms with Crippen molar-refractivity contribution in [2.24, 2.45) is 5.92 Å². The van der Waals surface area contributed by atoms with Crippen molar-refractivity contribution in [2.45, 2.75) is 32.7 Å². The summed E-state index contributed by atoms with van der Waals surface area (Å²) in [5.41, 5.74) is 0. The zero-order chi connectivity index (χ0) is 11.4. The molecular weight excluding hydrogens is 198 g/mol. The second-order valence-electron chi connectivity index (χ2n) is 5.49. The number of nitrogens with one attached hydrogen (secondary N) is 1. The van der Waals surface area contributed by atoms with Gasteiger partial charge in [0.15, 0.2) is 0 Å². The first-order chi connectivity index (χ1) is 7.78. The van der Waals surface area contributed by atoms with Crippen LogP contribution in [0.25, 0.3) is 0 Å². The second-order valence-corrected chi connectivity index (χ2v) is 5.49. The van der Waals surface area contributed by atoms with Gasteiger partial charge in [-0.25, -0.2) is 0 Å². The Kier molecular flexibility index (Phi) is 4.62. The van der Waals surface area contributed by atoms with Gasteiger partial charge >= 0.3 is 0 Å². The van der Waals surface area contributed by atoms with Crippen molar-refractivity contribution in [3.05, 3.63) is 0 Å². The van der Waals surface area contributed by atoms with E-state index in [4.69, 9.17) is 0 Å². The van der Waals surface area contributed by atoms with Crippen LogP contribution in [0.1, 0.15) is 26.7 Å². The fourth-order valence-electron chi connectivity index (χ4n) is 3.03. The summed E-state index contributed by atoms with van der Waals surface area (Å²) in [6, 6.07) is 0.685. The molecular formula is C13H27N3. The van der Waals surface area contributed by atoms with Crippen molar-refractivity contribution in [1.82, 2.24) is 15.1 Å². The third-order valence-electron chi connectivity index (χ3n) is 4.12. The third kappa shape index (κ3) is 3.44. The van der Waals surface area contributed by atoms with E-state index in [1.807, 2.05) is 0 Å². The third-order valence-corrected chi connectivity index (χ3v) is 4.12. The molecule has 0 spiro atoms. The zero-order valence-electron chi connectivity index (χ0n) is 10.9. The van der Waals surface area contributed by atoms with E-state index in [9.17, 15) is 0 Å². The monoisotopic (exact) mass is 225 g/mol. The van der Waals surface area contributed by atoms with Gasteiger partial charge in [0.25, 0.3) is 0 Å². The molecule has 0 bridgehead atoms. The molecule has 2 heterocycles. The molecule has 0 aromatic carbocycles. The van der Waals surface area contributed by atoms with Crippen LogP contribution in [0.2, 0.25) is 0 Å². The van der Waals surface area contributed by atoms with Gasteiger partial charge in [0.05, 0.1) is 0 Å². The molecule has 0 amide bonds. The smallest absolute Gasteiger partial charge is 0.0167 e. The number of rotatable bonds is 3. The summed E-state index contributed by atoms with van der Waals surface area (Å²) >= 11 is 0. The highest BCUT2D eigenvalue weighted by Crippen LogP contribution is 2.18. The van der Waals surface area contributed by atoms with Crippen LogP contribution in [0.15, 0.2) is 0 Å². The summed E-state index contributed by atoms with van der Waals surface area (Å²) in [6.45, 7) is 13.5. The van der Waals surface area contributed by atoms with Crippen LogP contribution >= 0.6 is 0 Å². The standard InChI is InChI=1S/C13H27N3/c1-3-15-7-4-13(5-8-15)11-16-9-6-14-12(2)10-16/h12-14H,3-11H2,1-2H3/t12-/m0/s1. The molecule has 1 atom stereocenters. The summed E-state index contributed by atoms with van der Waals surface area (Å²) in [5, 5.41) is 3.52. The fourth-order valence-corrected chi connectivity index (χ4v) is 3.03. The molecule has 94 valence electrons. The Labute approximate surface area is 100 Å². The van der Waals surface area contributed by atoms with Gasteiger partial charge in [-0.3, -0.25) is 0 Å². The molecule has 2 aliphatic heterocycles. The average Bonchev–Trinajstić information content (AvgIpc) is 2.30. The molecule has 0 radical (unpaired) electrons. The number of piperidine rings is 1. The number of hydrogen-bond donors (Lipinski definition) is 1. The quantitative estimate of drug-likeness (QED) is 0.773. The summed E-state index contributed by atoms with van der Waals surface area (Å²) < 4.78 is 0. The van der Waals surface area contributed by atoms with Crippen LogP contribution in [0.4, 0.5) is 0 Å².